The third-order valence-corrected chi connectivity index (χ3v) is 2.42. The van der Waals surface area contributed by atoms with Crippen LogP contribution in [0.5, 0.6) is 0 Å². The number of carbonyl (C=O) groups is 1. The Bertz CT molecular complexity index is 489. The zero-order valence-electron chi connectivity index (χ0n) is 9.29. The summed E-state index contributed by atoms with van der Waals surface area (Å²) < 4.78 is 1.48. The number of aromatic amines is 1. The first-order chi connectivity index (χ1) is 8.18. The van der Waals surface area contributed by atoms with E-state index >= 15 is 0 Å². The Kier molecular flexibility index (Phi) is 3.03. The minimum atomic E-state index is -0.411. The van der Waals surface area contributed by atoms with Crippen molar-refractivity contribution in [2.45, 2.75) is 19.5 Å². The second-order valence-corrected chi connectivity index (χ2v) is 3.58. The highest BCUT2D eigenvalue weighted by atomic mass is 16.2. The van der Waals surface area contributed by atoms with Gasteiger partial charge in [-0.05, 0) is 6.92 Å². The van der Waals surface area contributed by atoms with Crippen LogP contribution in [0.4, 0.5) is 5.82 Å². The molecule has 8 heteroatoms. The summed E-state index contributed by atoms with van der Waals surface area (Å²) in [7, 11) is 0. The van der Waals surface area contributed by atoms with Gasteiger partial charge in [-0.2, -0.15) is 10.2 Å². The Morgan fingerprint density at radius 3 is 3.12 bits per heavy atom. The number of hydrogen-bond acceptors (Lipinski definition) is 5. The number of nitrogen functional groups attached to an aromatic ring is 1. The number of carbonyl (C=O) groups excluding carboxylic acids is 1. The van der Waals surface area contributed by atoms with Crippen molar-refractivity contribution in [3.05, 3.63) is 24.4 Å². The van der Waals surface area contributed by atoms with Crippen LogP contribution >= 0.6 is 0 Å². The number of aromatic nitrogens is 5. The molecule has 1 unspecified atom stereocenters. The van der Waals surface area contributed by atoms with Gasteiger partial charge in [-0.25, -0.2) is 9.67 Å². The third-order valence-electron chi connectivity index (χ3n) is 2.42. The van der Waals surface area contributed by atoms with Gasteiger partial charge < -0.3 is 11.1 Å². The van der Waals surface area contributed by atoms with Crippen molar-refractivity contribution in [2.24, 2.45) is 0 Å². The normalized spacial score (nSPS) is 12.3. The summed E-state index contributed by atoms with van der Waals surface area (Å²) >= 11 is 0. The lowest BCUT2D eigenvalue weighted by atomic mass is 10.3. The molecule has 0 aliphatic rings. The molecular formula is C9H13N7O. The second-order valence-electron chi connectivity index (χ2n) is 3.58. The molecule has 8 nitrogen and oxygen atoms in total. The van der Waals surface area contributed by atoms with Gasteiger partial charge in [0.1, 0.15) is 24.5 Å². The van der Waals surface area contributed by atoms with E-state index in [0.717, 1.165) is 5.56 Å². The SMILES string of the molecule is CC(C(=O)NCc1cn[nH]c1N)n1cncn1. The van der Waals surface area contributed by atoms with Crippen molar-refractivity contribution in [3.63, 3.8) is 0 Å². The van der Waals surface area contributed by atoms with Crippen LogP contribution in [0.15, 0.2) is 18.9 Å². The van der Waals surface area contributed by atoms with E-state index in [0.29, 0.717) is 12.4 Å². The summed E-state index contributed by atoms with van der Waals surface area (Å²) in [6.07, 6.45) is 4.46. The van der Waals surface area contributed by atoms with Crippen molar-refractivity contribution in [1.82, 2.24) is 30.3 Å². The Hall–Kier alpha value is -2.38. The standard InChI is InChI=1S/C9H13N7O/c1-6(16-5-11-4-14-16)9(17)12-2-7-3-13-15-8(7)10/h3-6H,2H2,1H3,(H,12,17)(H3,10,13,15). The van der Waals surface area contributed by atoms with Gasteiger partial charge in [0, 0.05) is 12.1 Å². The van der Waals surface area contributed by atoms with Crippen molar-refractivity contribution in [1.29, 1.82) is 0 Å². The van der Waals surface area contributed by atoms with Crippen LogP contribution < -0.4 is 11.1 Å². The Morgan fingerprint density at radius 2 is 2.53 bits per heavy atom. The minimum Gasteiger partial charge on any atom is -0.384 e. The van der Waals surface area contributed by atoms with Crippen LogP contribution in [-0.4, -0.2) is 30.9 Å². The molecule has 0 saturated carbocycles. The van der Waals surface area contributed by atoms with E-state index in [1.807, 2.05) is 0 Å². The smallest absolute Gasteiger partial charge is 0.244 e. The lowest BCUT2D eigenvalue weighted by Crippen LogP contribution is -2.30. The molecule has 0 spiro atoms. The fourth-order valence-electron chi connectivity index (χ4n) is 1.33. The molecule has 2 heterocycles. The van der Waals surface area contributed by atoms with Gasteiger partial charge in [-0.3, -0.25) is 9.89 Å². The van der Waals surface area contributed by atoms with E-state index in [1.54, 1.807) is 13.1 Å². The first kappa shape index (κ1) is 11.1. The Balaban J connectivity index is 1.92. The number of H-pyrrole nitrogens is 1. The van der Waals surface area contributed by atoms with Crippen molar-refractivity contribution in [3.8, 4) is 0 Å². The molecule has 1 atom stereocenters. The van der Waals surface area contributed by atoms with Crippen LogP contribution in [0.3, 0.4) is 0 Å². The van der Waals surface area contributed by atoms with E-state index in [1.165, 1.54) is 17.3 Å². The molecule has 0 aromatic carbocycles. The van der Waals surface area contributed by atoms with E-state index in [9.17, 15) is 4.79 Å². The molecule has 0 aliphatic carbocycles. The lowest BCUT2D eigenvalue weighted by molar-refractivity contribution is -0.124. The highest BCUT2D eigenvalue weighted by Crippen LogP contribution is 2.07. The van der Waals surface area contributed by atoms with E-state index in [2.05, 4.69) is 25.6 Å². The average Bonchev–Trinajstić information content (AvgIpc) is 2.96. The topological polar surface area (TPSA) is 115 Å². The molecule has 2 aromatic rings. The van der Waals surface area contributed by atoms with Crippen molar-refractivity contribution >= 4 is 11.7 Å². The van der Waals surface area contributed by atoms with Crippen LogP contribution in [-0.2, 0) is 11.3 Å². The van der Waals surface area contributed by atoms with E-state index in [4.69, 9.17) is 5.73 Å². The predicted octanol–water partition coefficient (Wildman–Crippen LogP) is -0.539. The molecule has 0 bridgehead atoms. The summed E-state index contributed by atoms with van der Waals surface area (Å²) in [5.41, 5.74) is 6.35. The van der Waals surface area contributed by atoms with Crippen LogP contribution in [0.1, 0.15) is 18.5 Å². The zero-order chi connectivity index (χ0) is 12.3. The molecule has 0 saturated heterocycles. The average molecular weight is 235 g/mol. The molecule has 90 valence electrons. The minimum absolute atomic E-state index is 0.156. The maximum atomic E-state index is 11.8. The second kappa shape index (κ2) is 4.64. The molecule has 4 N–H and O–H groups in total. The van der Waals surface area contributed by atoms with Gasteiger partial charge in [0.15, 0.2) is 0 Å². The summed E-state index contributed by atoms with van der Waals surface area (Å²) in [5, 5.41) is 13.0. The number of hydrogen-bond donors (Lipinski definition) is 3. The largest absolute Gasteiger partial charge is 0.384 e. The molecule has 2 rings (SSSR count). The summed E-state index contributed by atoms with van der Waals surface area (Å²) in [6, 6.07) is -0.411. The number of nitrogens with two attached hydrogens (primary N) is 1. The fraction of sp³-hybridized carbons (Fsp3) is 0.333. The fourth-order valence-corrected chi connectivity index (χ4v) is 1.33. The maximum Gasteiger partial charge on any atom is 0.244 e. The molecule has 0 aliphatic heterocycles. The highest BCUT2D eigenvalue weighted by molar-refractivity contribution is 5.79. The first-order valence-corrected chi connectivity index (χ1v) is 5.08. The quantitative estimate of drug-likeness (QED) is 0.658. The summed E-state index contributed by atoms with van der Waals surface area (Å²) in [6.45, 7) is 2.07. The summed E-state index contributed by atoms with van der Waals surface area (Å²) in [5.74, 6) is 0.301. The third kappa shape index (κ3) is 2.41. The molecule has 0 radical (unpaired) electrons. The van der Waals surface area contributed by atoms with Crippen molar-refractivity contribution < 1.29 is 4.79 Å². The van der Waals surface area contributed by atoms with Crippen LogP contribution in [0.25, 0.3) is 0 Å². The number of nitrogens with one attached hydrogen (secondary N) is 2. The number of rotatable bonds is 4. The van der Waals surface area contributed by atoms with Gasteiger partial charge in [-0.15, -0.1) is 0 Å². The lowest BCUT2D eigenvalue weighted by Gasteiger charge is -2.11. The van der Waals surface area contributed by atoms with Gasteiger partial charge >= 0.3 is 0 Å². The molecule has 2 aromatic heterocycles. The van der Waals surface area contributed by atoms with Crippen molar-refractivity contribution in [2.75, 3.05) is 5.73 Å². The van der Waals surface area contributed by atoms with Gasteiger partial charge in [0.05, 0.1) is 6.20 Å². The van der Waals surface area contributed by atoms with Gasteiger partial charge in [0.25, 0.3) is 0 Å². The Morgan fingerprint density at radius 1 is 1.71 bits per heavy atom. The maximum absolute atomic E-state index is 11.8. The number of nitrogens with zero attached hydrogens (tertiary/aromatic N) is 4. The number of anilines is 1. The molecule has 1 amide bonds. The molecular weight excluding hydrogens is 222 g/mol. The van der Waals surface area contributed by atoms with Crippen LogP contribution in [0.2, 0.25) is 0 Å². The van der Waals surface area contributed by atoms with Gasteiger partial charge in [-0.1, -0.05) is 0 Å². The first-order valence-electron chi connectivity index (χ1n) is 5.08. The number of amides is 1. The van der Waals surface area contributed by atoms with Crippen LogP contribution in [0, 0.1) is 0 Å². The Labute approximate surface area is 97.2 Å². The highest BCUT2D eigenvalue weighted by Gasteiger charge is 2.15. The summed E-state index contributed by atoms with van der Waals surface area (Å²) in [4.78, 5) is 15.6. The van der Waals surface area contributed by atoms with Gasteiger partial charge in [0.2, 0.25) is 5.91 Å². The monoisotopic (exact) mass is 235 g/mol. The van der Waals surface area contributed by atoms with E-state index in [-0.39, 0.29) is 5.91 Å². The molecule has 17 heavy (non-hydrogen) atoms. The molecule has 0 fully saturated rings. The predicted molar refractivity (Wildman–Crippen MR) is 59.6 cm³/mol. The van der Waals surface area contributed by atoms with E-state index < -0.39 is 6.04 Å². The zero-order valence-corrected chi connectivity index (χ0v) is 9.29.